The van der Waals surface area contributed by atoms with Crippen LogP contribution in [0.1, 0.15) is 19.4 Å². The van der Waals surface area contributed by atoms with Gasteiger partial charge in [-0.05, 0) is 12.5 Å². The predicted molar refractivity (Wildman–Crippen MR) is 74.8 cm³/mol. The topological polar surface area (TPSA) is 44.8 Å². The molecule has 0 spiro atoms. The van der Waals surface area contributed by atoms with Crippen LogP contribution in [-0.4, -0.2) is 25.0 Å². The lowest BCUT2D eigenvalue weighted by molar-refractivity contribution is -0.167. The van der Waals surface area contributed by atoms with Gasteiger partial charge in [0.15, 0.2) is 0 Å². The predicted octanol–water partition coefficient (Wildman–Crippen LogP) is 2.68. The van der Waals surface area contributed by atoms with Crippen LogP contribution in [-0.2, 0) is 25.6 Å². The van der Waals surface area contributed by atoms with Crippen molar-refractivity contribution in [3.8, 4) is 0 Å². The van der Waals surface area contributed by atoms with E-state index >= 15 is 0 Å². The van der Waals surface area contributed by atoms with Crippen LogP contribution in [0.25, 0.3) is 0 Å². The molecule has 0 fully saturated rings. The van der Waals surface area contributed by atoms with E-state index < -0.39 is 0 Å². The maximum absolute atomic E-state index is 11.2. The summed E-state index contributed by atoms with van der Waals surface area (Å²) < 4.78 is 16.3. The van der Waals surface area contributed by atoms with Crippen LogP contribution in [0.3, 0.4) is 0 Å². The summed E-state index contributed by atoms with van der Waals surface area (Å²) in [6, 6.07) is 9.90. The summed E-state index contributed by atoms with van der Waals surface area (Å²) in [5.74, 6) is -0.162. The highest BCUT2D eigenvalue weighted by atomic mass is 16.7. The van der Waals surface area contributed by atoms with Gasteiger partial charge in [0.25, 0.3) is 0 Å². The number of carbonyl (C=O) groups is 1. The Morgan fingerprint density at radius 3 is 2.80 bits per heavy atom. The van der Waals surface area contributed by atoms with E-state index in [0.29, 0.717) is 6.61 Å². The summed E-state index contributed by atoms with van der Waals surface area (Å²) in [6.07, 6.45) is 2.85. The van der Waals surface area contributed by atoms with Gasteiger partial charge in [-0.25, -0.2) is 4.79 Å². The summed E-state index contributed by atoms with van der Waals surface area (Å²) in [6.45, 7) is 4.58. The third-order valence-corrected chi connectivity index (χ3v) is 3.29. The highest BCUT2D eigenvalue weighted by Gasteiger charge is 2.29. The lowest BCUT2D eigenvalue weighted by Crippen LogP contribution is -2.38. The Kier molecular flexibility index (Phi) is 5.32. The Labute approximate surface area is 119 Å². The highest BCUT2D eigenvalue weighted by Crippen LogP contribution is 2.20. The van der Waals surface area contributed by atoms with Gasteiger partial charge in [0.05, 0.1) is 12.7 Å². The fourth-order valence-electron chi connectivity index (χ4n) is 2.13. The molecule has 1 aliphatic heterocycles. The second-order valence-electron chi connectivity index (χ2n) is 4.94. The summed E-state index contributed by atoms with van der Waals surface area (Å²) in [5.41, 5.74) is 1.10. The van der Waals surface area contributed by atoms with E-state index in [-0.39, 0.29) is 30.9 Å². The molecule has 2 rings (SSSR count). The van der Waals surface area contributed by atoms with Gasteiger partial charge < -0.3 is 14.2 Å². The number of ether oxygens (including phenoxy) is 3. The van der Waals surface area contributed by atoms with Gasteiger partial charge in [0.1, 0.15) is 12.9 Å². The molecular formula is C16H20O4. The number of benzene rings is 1. The Balaban J connectivity index is 1.71. The van der Waals surface area contributed by atoms with Crippen molar-refractivity contribution in [2.75, 3.05) is 6.79 Å². The fourth-order valence-corrected chi connectivity index (χ4v) is 2.13. The summed E-state index contributed by atoms with van der Waals surface area (Å²) in [7, 11) is 0. The second-order valence-corrected chi connectivity index (χ2v) is 4.94. The van der Waals surface area contributed by atoms with Crippen LogP contribution in [0.4, 0.5) is 0 Å². The smallest absolute Gasteiger partial charge is 0.330 e. The zero-order valence-corrected chi connectivity index (χ0v) is 11.8. The van der Waals surface area contributed by atoms with Crippen LogP contribution in [0.15, 0.2) is 42.5 Å². The lowest BCUT2D eigenvalue weighted by atomic mass is 9.98. The molecule has 0 N–H and O–H groups in total. The first kappa shape index (κ1) is 14.8. The number of carbonyl (C=O) groups excluding carboxylic acids is 1. The SMILES string of the molecule is C[C@@H]1C=CC(=O)O[C@@H]1[C@@H](C)OCOCc1ccccc1. The minimum Gasteiger partial charge on any atom is -0.456 e. The average molecular weight is 276 g/mol. The monoisotopic (exact) mass is 276 g/mol. The highest BCUT2D eigenvalue weighted by molar-refractivity contribution is 5.83. The minimum atomic E-state index is -0.311. The van der Waals surface area contributed by atoms with Gasteiger partial charge in [0, 0.05) is 12.0 Å². The molecule has 0 radical (unpaired) electrons. The van der Waals surface area contributed by atoms with Crippen molar-refractivity contribution in [1.29, 1.82) is 0 Å². The molecule has 4 nitrogen and oxygen atoms in total. The third-order valence-electron chi connectivity index (χ3n) is 3.29. The second kappa shape index (κ2) is 7.22. The van der Waals surface area contributed by atoms with Gasteiger partial charge in [0.2, 0.25) is 0 Å². The molecule has 1 heterocycles. The number of rotatable bonds is 6. The first-order valence-electron chi connectivity index (χ1n) is 6.79. The normalized spacial score (nSPS) is 23.4. The summed E-state index contributed by atoms with van der Waals surface area (Å²) in [5, 5.41) is 0. The molecule has 0 saturated heterocycles. The van der Waals surface area contributed by atoms with Crippen molar-refractivity contribution < 1.29 is 19.0 Å². The quantitative estimate of drug-likeness (QED) is 0.455. The standard InChI is InChI=1S/C16H20O4/c1-12-8-9-15(17)20-16(12)13(2)19-11-18-10-14-6-4-3-5-7-14/h3-9,12-13,16H,10-11H2,1-2H3/t12-,13-,16+/m1/s1. The number of hydrogen-bond acceptors (Lipinski definition) is 4. The Bertz CT molecular complexity index is 455. The van der Waals surface area contributed by atoms with Crippen LogP contribution < -0.4 is 0 Å². The largest absolute Gasteiger partial charge is 0.456 e. The lowest BCUT2D eigenvalue weighted by Gasteiger charge is -2.29. The van der Waals surface area contributed by atoms with E-state index in [9.17, 15) is 4.79 Å². The first-order valence-corrected chi connectivity index (χ1v) is 6.79. The zero-order valence-electron chi connectivity index (χ0n) is 11.8. The van der Waals surface area contributed by atoms with Crippen LogP contribution in [0.2, 0.25) is 0 Å². The number of hydrogen-bond donors (Lipinski definition) is 0. The number of cyclic esters (lactones) is 1. The molecule has 20 heavy (non-hydrogen) atoms. The molecule has 1 aliphatic rings. The van der Waals surface area contributed by atoms with Crippen LogP contribution >= 0.6 is 0 Å². The van der Waals surface area contributed by atoms with Crippen molar-refractivity contribution >= 4 is 5.97 Å². The van der Waals surface area contributed by atoms with Crippen molar-refractivity contribution in [2.24, 2.45) is 5.92 Å². The maximum Gasteiger partial charge on any atom is 0.330 e. The molecule has 0 amide bonds. The van der Waals surface area contributed by atoms with Gasteiger partial charge in [-0.15, -0.1) is 0 Å². The first-order chi connectivity index (χ1) is 9.66. The molecule has 1 aromatic carbocycles. The summed E-state index contributed by atoms with van der Waals surface area (Å²) in [4.78, 5) is 11.2. The molecule has 108 valence electrons. The van der Waals surface area contributed by atoms with Crippen LogP contribution in [0.5, 0.6) is 0 Å². The molecule has 3 atom stereocenters. The Hall–Kier alpha value is -1.65. The van der Waals surface area contributed by atoms with E-state index in [0.717, 1.165) is 5.56 Å². The van der Waals surface area contributed by atoms with E-state index in [2.05, 4.69) is 0 Å². The van der Waals surface area contributed by atoms with E-state index in [4.69, 9.17) is 14.2 Å². The molecular weight excluding hydrogens is 256 g/mol. The molecule has 0 unspecified atom stereocenters. The van der Waals surface area contributed by atoms with Gasteiger partial charge in [-0.2, -0.15) is 0 Å². The van der Waals surface area contributed by atoms with Crippen molar-refractivity contribution in [3.05, 3.63) is 48.0 Å². The minimum absolute atomic E-state index is 0.150. The van der Waals surface area contributed by atoms with Gasteiger partial charge in [-0.1, -0.05) is 43.3 Å². The molecule has 4 heteroatoms. The molecule has 1 aromatic rings. The van der Waals surface area contributed by atoms with E-state index in [1.165, 1.54) is 6.08 Å². The molecule has 0 saturated carbocycles. The van der Waals surface area contributed by atoms with E-state index in [1.54, 1.807) is 0 Å². The number of esters is 1. The third kappa shape index (κ3) is 4.18. The van der Waals surface area contributed by atoms with Crippen LogP contribution in [0, 0.1) is 5.92 Å². The van der Waals surface area contributed by atoms with Gasteiger partial charge in [-0.3, -0.25) is 0 Å². The Morgan fingerprint density at radius 1 is 1.30 bits per heavy atom. The van der Waals surface area contributed by atoms with Gasteiger partial charge >= 0.3 is 5.97 Å². The van der Waals surface area contributed by atoms with Crippen molar-refractivity contribution in [2.45, 2.75) is 32.7 Å². The summed E-state index contributed by atoms with van der Waals surface area (Å²) >= 11 is 0. The van der Waals surface area contributed by atoms with Crippen molar-refractivity contribution in [1.82, 2.24) is 0 Å². The Morgan fingerprint density at radius 2 is 2.05 bits per heavy atom. The maximum atomic E-state index is 11.2. The fraction of sp³-hybridized carbons (Fsp3) is 0.438. The zero-order chi connectivity index (χ0) is 14.4. The van der Waals surface area contributed by atoms with Crippen molar-refractivity contribution in [3.63, 3.8) is 0 Å². The average Bonchev–Trinajstić information content (AvgIpc) is 2.47. The molecule has 0 bridgehead atoms. The van der Waals surface area contributed by atoms with E-state index in [1.807, 2.05) is 50.3 Å². The molecule has 0 aromatic heterocycles. The molecule has 0 aliphatic carbocycles.